The van der Waals surface area contributed by atoms with Gasteiger partial charge in [0.05, 0.1) is 12.4 Å². The summed E-state index contributed by atoms with van der Waals surface area (Å²) in [6.45, 7) is -0.0585. The predicted molar refractivity (Wildman–Crippen MR) is 121 cm³/mol. The fourth-order valence-corrected chi connectivity index (χ4v) is 3.28. The normalized spacial score (nSPS) is 13.6. The summed E-state index contributed by atoms with van der Waals surface area (Å²) in [5.41, 5.74) is 12.0. The smallest absolute Gasteiger partial charge is 0.322 e. The Hall–Kier alpha value is -2.64. The van der Waals surface area contributed by atoms with Crippen molar-refractivity contribution in [3.8, 4) is 0 Å². The first-order chi connectivity index (χ1) is 15.3. The molecule has 12 nitrogen and oxygen atoms in total. The Bertz CT molecular complexity index is 732. The van der Waals surface area contributed by atoms with Crippen molar-refractivity contribution in [1.82, 2.24) is 25.9 Å². The van der Waals surface area contributed by atoms with Gasteiger partial charge in [0.15, 0.2) is 0 Å². The first-order valence-electron chi connectivity index (χ1n) is 10.3. The van der Waals surface area contributed by atoms with Gasteiger partial charge in [-0.25, -0.2) is 4.98 Å². The molecule has 9 N–H and O–H groups in total. The molecule has 1 aromatic rings. The van der Waals surface area contributed by atoms with Gasteiger partial charge >= 0.3 is 5.97 Å². The fourth-order valence-electron chi connectivity index (χ4n) is 2.81. The van der Waals surface area contributed by atoms with E-state index in [-0.39, 0.29) is 6.42 Å². The lowest BCUT2D eigenvalue weighted by Gasteiger charge is -2.24. The van der Waals surface area contributed by atoms with E-state index in [0.29, 0.717) is 37.3 Å². The second kappa shape index (κ2) is 15.2. The Morgan fingerprint density at radius 1 is 1.12 bits per heavy atom. The molecule has 0 saturated heterocycles. The third kappa shape index (κ3) is 10.6. The highest BCUT2D eigenvalue weighted by molar-refractivity contribution is 7.98. The van der Waals surface area contributed by atoms with E-state index in [9.17, 15) is 19.2 Å². The summed E-state index contributed by atoms with van der Waals surface area (Å²) in [7, 11) is 0. The Kier molecular flexibility index (Phi) is 13.0. The Balaban J connectivity index is 2.87. The van der Waals surface area contributed by atoms with E-state index >= 15 is 0 Å². The van der Waals surface area contributed by atoms with Crippen LogP contribution in [0.4, 0.5) is 0 Å². The molecule has 3 amide bonds. The summed E-state index contributed by atoms with van der Waals surface area (Å²) >= 11 is 1.48. The van der Waals surface area contributed by atoms with Gasteiger partial charge in [-0.15, -0.1) is 0 Å². The lowest BCUT2D eigenvalue weighted by molar-refractivity contribution is -0.138. The largest absolute Gasteiger partial charge is 0.480 e. The van der Waals surface area contributed by atoms with Crippen LogP contribution in [0.2, 0.25) is 0 Å². The van der Waals surface area contributed by atoms with Crippen molar-refractivity contribution in [2.24, 2.45) is 11.5 Å². The van der Waals surface area contributed by atoms with Crippen LogP contribution < -0.4 is 27.4 Å². The molecule has 3 unspecified atom stereocenters. The maximum Gasteiger partial charge on any atom is 0.322 e. The summed E-state index contributed by atoms with van der Waals surface area (Å²) in [5.74, 6) is -2.31. The number of amides is 3. The summed E-state index contributed by atoms with van der Waals surface area (Å²) < 4.78 is 0. The molecule has 1 heterocycles. The molecule has 180 valence electrons. The van der Waals surface area contributed by atoms with Crippen molar-refractivity contribution in [2.45, 2.75) is 50.2 Å². The number of aliphatic carboxylic acids is 1. The third-order valence-corrected chi connectivity index (χ3v) is 5.22. The van der Waals surface area contributed by atoms with E-state index in [2.05, 4.69) is 25.9 Å². The fraction of sp³-hybridized carbons (Fsp3) is 0.632. The molecule has 0 fully saturated rings. The summed E-state index contributed by atoms with van der Waals surface area (Å²) in [4.78, 5) is 55.4. The molecular weight excluding hydrogens is 438 g/mol. The van der Waals surface area contributed by atoms with Crippen molar-refractivity contribution in [2.75, 3.05) is 25.1 Å². The zero-order valence-electron chi connectivity index (χ0n) is 18.1. The quantitative estimate of drug-likeness (QED) is 0.137. The maximum atomic E-state index is 13.0. The Morgan fingerprint density at radius 3 is 2.44 bits per heavy atom. The van der Waals surface area contributed by atoms with Gasteiger partial charge < -0.3 is 37.5 Å². The van der Waals surface area contributed by atoms with Crippen LogP contribution in [0.25, 0.3) is 0 Å². The first kappa shape index (κ1) is 27.4. The molecule has 0 saturated carbocycles. The number of aromatic nitrogens is 2. The number of carboxylic acids is 1. The zero-order valence-corrected chi connectivity index (χ0v) is 19.0. The highest BCUT2D eigenvalue weighted by atomic mass is 32.2. The van der Waals surface area contributed by atoms with E-state index in [1.54, 1.807) is 0 Å². The van der Waals surface area contributed by atoms with E-state index in [0.717, 1.165) is 6.42 Å². The number of carboxylic acid groups (broad SMARTS) is 1. The van der Waals surface area contributed by atoms with Crippen molar-refractivity contribution in [1.29, 1.82) is 0 Å². The number of H-pyrrole nitrogens is 1. The molecular formula is C19H33N7O5S. The number of carbonyl (C=O) groups is 4. The summed E-state index contributed by atoms with van der Waals surface area (Å²) in [6, 6.07) is -2.76. The second-order valence-electron chi connectivity index (χ2n) is 7.19. The van der Waals surface area contributed by atoms with Crippen LogP contribution in [0.5, 0.6) is 0 Å². The molecule has 0 radical (unpaired) electrons. The zero-order chi connectivity index (χ0) is 23.9. The lowest BCUT2D eigenvalue weighted by atomic mass is 10.1. The molecule has 13 heteroatoms. The average Bonchev–Trinajstić information content (AvgIpc) is 3.27. The van der Waals surface area contributed by atoms with Crippen molar-refractivity contribution in [3.63, 3.8) is 0 Å². The number of carbonyl (C=O) groups excluding carboxylic acids is 3. The van der Waals surface area contributed by atoms with Crippen LogP contribution >= 0.6 is 11.8 Å². The average molecular weight is 472 g/mol. The van der Waals surface area contributed by atoms with E-state index < -0.39 is 48.4 Å². The lowest BCUT2D eigenvalue weighted by Crippen LogP contribution is -2.56. The minimum atomic E-state index is -1.19. The number of imidazole rings is 1. The minimum absolute atomic E-state index is 0.110. The van der Waals surface area contributed by atoms with Crippen LogP contribution in [0.3, 0.4) is 0 Å². The third-order valence-electron chi connectivity index (χ3n) is 4.58. The van der Waals surface area contributed by atoms with E-state index in [4.69, 9.17) is 16.6 Å². The number of rotatable bonds is 16. The van der Waals surface area contributed by atoms with Gasteiger partial charge in [0.1, 0.15) is 18.6 Å². The molecule has 0 bridgehead atoms. The van der Waals surface area contributed by atoms with Gasteiger partial charge in [-0.3, -0.25) is 19.2 Å². The number of nitrogens with zero attached hydrogens (tertiary/aromatic N) is 1. The number of thioether (sulfide) groups is 1. The van der Waals surface area contributed by atoms with Gasteiger partial charge in [0, 0.05) is 18.3 Å². The van der Waals surface area contributed by atoms with Gasteiger partial charge in [-0.2, -0.15) is 11.8 Å². The molecule has 0 aliphatic heterocycles. The van der Waals surface area contributed by atoms with Crippen LogP contribution in [0, 0.1) is 0 Å². The van der Waals surface area contributed by atoms with Gasteiger partial charge in [-0.05, 0) is 37.8 Å². The highest BCUT2D eigenvalue weighted by Gasteiger charge is 2.28. The van der Waals surface area contributed by atoms with Gasteiger partial charge in [0.25, 0.3) is 0 Å². The highest BCUT2D eigenvalue weighted by Crippen LogP contribution is 2.05. The molecule has 1 aromatic heterocycles. The standard InChI is InChI=1S/C19H33N7O5S/c1-32-7-5-14(18(30)23-10-16(27)28)25-19(31)15(8-12-9-22-11-24-12)26-17(29)13(21)4-2-3-6-20/h9,11,13-15H,2-8,10,20-21H2,1H3,(H,22,24)(H,23,30)(H,25,31)(H,26,29)(H,27,28). The van der Waals surface area contributed by atoms with Crippen LogP contribution in [-0.2, 0) is 25.6 Å². The summed E-state index contributed by atoms with van der Waals surface area (Å²) in [6.07, 6.45) is 7.08. The first-order valence-corrected chi connectivity index (χ1v) is 11.7. The Morgan fingerprint density at radius 2 is 1.84 bits per heavy atom. The van der Waals surface area contributed by atoms with Crippen molar-refractivity contribution in [3.05, 3.63) is 18.2 Å². The molecule has 1 rings (SSSR count). The number of hydrogen-bond acceptors (Lipinski definition) is 8. The molecule has 0 aromatic carbocycles. The van der Waals surface area contributed by atoms with E-state index in [1.807, 2.05) is 6.26 Å². The van der Waals surface area contributed by atoms with Gasteiger partial charge in [-0.1, -0.05) is 6.42 Å². The Labute approximate surface area is 191 Å². The summed E-state index contributed by atoms with van der Waals surface area (Å²) in [5, 5.41) is 16.3. The topological polar surface area (TPSA) is 205 Å². The second-order valence-corrected chi connectivity index (χ2v) is 8.17. The molecule has 0 aliphatic rings. The number of nitrogens with one attached hydrogen (secondary N) is 4. The number of hydrogen-bond donors (Lipinski definition) is 7. The van der Waals surface area contributed by atoms with Crippen LogP contribution in [0.15, 0.2) is 12.5 Å². The number of unbranched alkanes of at least 4 members (excludes halogenated alkanes) is 1. The molecule has 0 spiro atoms. The minimum Gasteiger partial charge on any atom is -0.480 e. The molecule has 0 aliphatic carbocycles. The van der Waals surface area contributed by atoms with E-state index in [1.165, 1.54) is 24.3 Å². The van der Waals surface area contributed by atoms with Crippen molar-refractivity contribution >= 4 is 35.5 Å². The predicted octanol–water partition coefficient (Wildman–Crippen LogP) is -1.67. The molecule has 32 heavy (non-hydrogen) atoms. The number of nitrogens with two attached hydrogens (primary N) is 2. The number of aromatic amines is 1. The van der Waals surface area contributed by atoms with Crippen LogP contribution in [-0.4, -0.2) is 82.0 Å². The monoisotopic (exact) mass is 471 g/mol. The van der Waals surface area contributed by atoms with Crippen molar-refractivity contribution < 1.29 is 24.3 Å². The van der Waals surface area contributed by atoms with Crippen LogP contribution in [0.1, 0.15) is 31.4 Å². The molecule has 3 atom stereocenters. The van der Waals surface area contributed by atoms with Gasteiger partial charge in [0.2, 0.25) is 17.7 Å². The maximum absolute atomic E-state index is 13.0. The SMILES string of the molecule is CSCCC(NC(=O)C(Cc1cnc[nH]1)NC(=O)C(N)CCCCN)C(=O)NCC(=O)O.